The highest BCUT2D eigenvalue weighted by atomic mass is 35.5. The highest BCUT2D eigenvalue weighted by Crippen LogP contribution is 2.29. The first-order chi connectivity index (χ1) is 13.8. The van der Waals surface area contributed by atoms with Crippen LogP contribution in [0.5, 0.6) is 0 Å². The highest BCUT2D eigenvalue weighted by molar-refractivity contribution is 7.89. The quantitative estimate of drug-likeness (QED) is 0.634. The van der Waals surface area contributed by atoms with Crippen LogP contribution < -0.4 is 5.32 Å². The molecule has 154 valence electrons. The van der Waals surface area contributed by atoms with Crippen molar-refractivity contribution in [2.45, 2.75) is 31.6 Å². The predicted molar refractivity (Wildman–Crippen MR) is 110 cm³/mol. The summed E-state index contributed by atoms with van der Waals surface area (Å²) in [5.41, 5.74) is 1.27. The lowest BCUT2D eigenvalue weighted by Crippen LogP contribution is -2.36. The van der Waals surface area contributed by atoms with Crippen molar-refractivity contribution >= 4 is 38.5 Å². The number of aromatic amines is 1. The Hall–Kier alpha value is -2.30. The Morgan fingerprint density at radius 3 is 2.90 bits per heavy atom. The molecule has 1 fully saturated rings. The number of H-pyrrole nitrogens is 1. The summed E-state index contributed by atoms with van der Waals surface area (Å²) in [7, 11) is -3.34. The second-order valence-corrected chi connectivity index (χ2v) is 10.1. The van der Waals surface area contributed by atoms with Gasteiger partial charge >= 0.3 is 0 Å². The van der Waals surface area contributed by atoms with E-state index in [1.165, 1.54) is 10.5 Å². The third kappa shape index (κ3) is 3.79. The molecular formula is C18H20ClFN6O2S. The average Bonchev–Trinajstić information content (AvgIpc) is 3.30. The second-order valence-electron chi connectivity index (χ2n) is 7.22. The van der Waals surface area contributed by atoms with Crippen LogP contribution in [0.4, 0.5) is 10.2 Å². The molecule has 4 rings (SSSR count). The van der Waals surface area contributed by atoms with Crippen molar-refractivity contribution in [2.75, 3.05) is 18.4 Å². The molecule has 0 amide bonds. The Balaban J connectivity index is 1.59. The van der Waals surface area contributed by atoms with Gasteiger partial charge in [-0.15, -0.1) is 0 Å². The van der Waals surface area contributed by atoms with Crippen molar-refractivity contribution in [3.63, 3.8) is 0 Å². The first kappa shape index (κ1) is 20.0. The van der Waals surface area contributed by atoms with E-state index in [1.807, 2.05) is 0 Å². The minimum absolute atomic E-state index is 0.0353. The largest absolute Gasteiger partial charge is 0.363 e. The zero-order valence-electron chi connectivity index (χ0n) is 15.9. The third-order valence-corrected chi connectivity index (χ3v) is 7.38. The van der Waals surface area contributed by atoms with E-state index in [4.69, 9.17) is 11.6 Å². The zero-order chi connectivity index (χ0) is 20.8. The van der Waals surface area contributed by atoms with Gasteiger partial charge in [0.2, 0.25) is 10.0 Å². The fourth-order valence-corrected chi connectivity index (χ4v) is 4.83. The Morgan fingerprint density at radius 2 is 2.14 bits per heavy atom. The monoisotopic (exact) mass is 438 g/mol. The molecule has 2 N–H and O–H groups in total. The number of halogens is 2. The number of hydrogen-bond donors (Lipinski definition) is 2. The minimum atomic E-state index is -3.34. The van der Waals surface area contributed by atoms with Gasteiger partial charge in [-0.05, 0) is 26.3 Å². The van der Waals surface area contributed by atoms with Crippen LogP contribution in [0.15, 0.2) is 24.7 Å². The molecule has 3 aromatic heterocycles. The molecule has 0 saturated carbocycles. The lowest BCUT2D eigenvalue weighted by molar-refractivity contribution is 0.467. The van der Waals surface area contributed by atoms with Crippen LogP contribution in [-0.4, -0.2) is 57.0 Å². The second kappa shape index (κ2) is 7.51. The van der Waals surface area contributed by atoms with Gasteiger partial charge in [-0.25, -0.2) is 27.8 Å². The topological polar surface area (TPSA) is 104 Å². The number of aromatic nitrogens is 4. The van der Waals surface area contributed by atoms with Gasteiger partial charge in [0, 0.05) is 42.5 Å². The van der Waals surface area contributed by atoms with Crippen molar-refractivity contribution in [1.82, 2.24) is 24.2 Å². The van der Waals surface area contributed by atoms with Crippen molar-refractivity contribution in [1.29, 1.82) is 0 Å². The van der Waals surface area contributed by atoms with E-state index in [0.29, 0.717) is 35.0 Å². The summed E-state index contributed by atoms with van der Waals surface area (Å²) in [5, 5.41) is 3.73. The average molecular weight is 439 g/mol. The number of nitrogens with one attached hydrogen (secondary N) is 2. The van der Waals surface area contributed by atoms with Gasteiger partial charge in [-0.2, -0.15) is 4.31 Å². The lowest BCUT2D eigenvalue weighted by Gasteiger charge is -2.19. The summed E-state index contributed by atoms with van der Waals surface area (Å²) >= 11 is 6.03. The van der Waals surface area contributed by atoms with E-state index in [0.717, 1.165) is 11.6 Å². The normalized spacial score (nSPS) is 18.0. The molecule has 1 aliphatic heterocycles. The number of sulfonamides is 1. The van der Waals surface area contributed by atoms with Gasteiger partial charge in [0.1, 0.15) is 5.65 Å². The molecule has 8 nitrogen and oxygen atoms in total. The SMILES string of the molecule is CC(C)S(=O)(=O)N1CC[C@@H](Nc2nc(-c3c[nH]c4ncc(Cl)cc34)ncc2F)C1. The lowest BCUT2D eigenvalue weighted by atomic mass is 10.2. The fraction of sp³-hybridized carbons (Fsp3) is 0.389. The number of anilines is 1. The maximum atomic E-state index is 14.3. The van der Waals surface area contributed by atoms with Crippen LogP contribution in [0.1, 0.15) is 20.3 Å². The number of rotatable bonds is 5. The van der Waals surface area contributed by atoms with E-state index in [1.54, 1.807) is 26.1 Å². The van der Waals surface area contributed by atoms with Crippen molar-refractivity contribution in [2.24, 2.45) is 0 Å². The van der Waals surface area contributed by atoms with Crippen molar-refractivity contribution < 1.29 is 12.8 Å². The Morgan fingerprint density at radius 1 is 1.34 bits per heavy atom. The maximum absolute atomic E-state index is 14.3. The van der Waals surface area contributed by atoms with Gasteiger partial charge in [0.25, 0.3) is 0 Å². The molecule has 0 radical (unpaired) electrons. The molecule has 0 bridgehead atoms. The highest BCUT2D eigenvalue weighted by Gasteiger charge is 2.33. The summed E-state index contributed by atoms with van der Waals surface area (Å²) < 4.78 is 40.4. The summed E-state index contributed by atoms with van der Waals surface area (Å²) in [4.78, 5) is 15.6. The van der Waals surface area contributed by atoms with Crippen LogP contribution in [0.2, 0.25) is 5.02 Å². The first-order valence-corrected chi connectivity index (χ1v) is 11.0. The smallest absolute Gasteiger partial charge is 0.216 e. The fourth-order valence-electron chi connectivity index (χ4n) is 3.33. The molecule has 1 atom stereocenters. The standard InChI is InChI=1S/C18H20ClFN6O2S/c1-10(2)29(27,28)26-4-3-12(9-26)24-18-15(20)8-23-17(25-18)14-7-22-16-13(14)5-11(19)6-21-16/h5-8,10,12H,3-4,9H2,1-2H3,(H,21,22)(H,23,24,25)/t12-/m1/s1. The zero-order valence-corrected chi connectivity index (χ0v) is 17.4. The van der Waals surface area contributed by atoms with Crippen LogP contribution in [-0.2, 0) is 10.0 Å². The molecule has 1 saturated heterocycles. The van der Waals surface area contributed by atoms with E-state index < -0.39 is 21.1 Å². The molecule has 11 heteroatoms. The van der Waals surface area contributed by atoms with Gasteiger partial charge < -0.3 is 10.3 Å². The molecular weight excluding hydrogens is 419 g/mol. The van der Waals surface area contributed by atoms with Crippen LogP contribution in [0, 0.1) is 5.82 Å². The molecule has 3 aromatic rings. The van der Waals surface area contributed by atoms with Gasteiger partial charge in [0.15, 0.2) is 17.5 Å². The predicted octanol–water partition coefficient (Wildman–Crippen LogP) is 3.04. The summed E-state index contributed by atoms with van der Waals surface area (Å²) in [6.45, 7) is 3.96. The van der Waals surface area contributed by atoms with Gasteiger partial charge in [-0.1, -0.05) is 11.6 Å². The van der Waals surface area contributed by atoms with E-state index >= 15 is 0 Å². The molecule has 1 aliphatic rings. The Bertz CT molecular complexity index is 1170. The number of pyridine rings is 1. The van der Waals surface area contributed by atoms with Crippen LogP contribution in [0.3, 0.4) is 0 Å². The van der Waals surface area contributed by atoms with E-state index in [2.05, 4.69) is 25.3 Å². The number of hydrogen-bond acceptors (Lipinski definition) is 6. The Kier molecular flexibility index (Phi) is 5.18. The summed E-state index contributed by atoms with van der Waals surface area (Å²) in [6, 6.07) is 1.50. The van der Waals surface area contributed by atoms with Gasteiger partial charge in [-0.3, -0.25) is 0 Å². The minimum Gasteiger partial charge on any atom is -0.363 e. The first-order valence-electron chi connectivity index (χ1n) is 9.16. The third-order valence-electron chi connectivity index (χ3n) is 4.93. The van der Waals surface area contributed by atoms with Crippen LogP contribution >= 0.6 is 11.6 Å². The summed E-state index contributed by atoms with van der Waals surface area (Å²) in [5.74, 6) is -0.253. The molecule has 29 heavy (non-hydrogen) atoms. The molecule has 4 heterocycles. The molecule has 0 aliphatic carbocycles. The number of nitrogens with zero attached hydrogens (tertiary/aromatic N) is 4. The maximum Gasteiger partial charge on any atom is 0.216 e. The van der Waals surface area contributed by atoms with Crippen molar-refractivity contribution in [3.8, 4) is 11.4 Å². The molecule has 0 unspecified atom stereocenters. The van der Waals surface area contributed by atoms with Gasteiger partial charge in [0.05, 0.1) is 16.5 Å². The number of fused-ring (bicyclic) bond motifs is 1. The van der Waals surface area contributed by atoms with Crippen molar-refractivity contribution in [3.05, 3.63) is 35.5 Å². The molecule has 0 spiro atoms. The summed E-state index contributed by atoms with van der Waals surface area (Å²) in [6.07, 6.45) is 4.88. The Labute approximate surface area is 172 Å². The van der Waals surface area contributed by atoms with E-state index in [9.17, 15) is 12.8 Å². The van der Waals surface area contributed by atoms with Crippen LogP contribution in [0.25, 0.3) is 22.4 Å². The van der Waals surface area contributed by atoms with E-state index in [-0.39, 0.29) is 18.4 Å². The molecule has 0 aromatic carbocycles.